The zero-order chi connectivity index (χ0) is 20.1. The molecule has 7 heteroatoms. The molecule has 2 aromatic carbocycles. The van der Waals surface area contributed by atoms with Crippen molar-refractivity contribution in [2.24, 2.45) is 0 Å². The molecule has 0 aliphatic carbocycles. The van der Waals surface area contributed by atoms with Crippen molar-refractivity contribution < 1.29 is 23.9 Å². The van der Waals surface area contributed by atoms with Gasteiger partial charge in [-0.15, -0.1) is 0 Å². The maximum absolute atomic E-state index is 12.7. The van der Waals surface area contributed by atoms with Crippen molar-refractivity contribution in [1.29, 1.82) is 0 Å². The Morgan fingerprint density at radius 2 is 1.96 bits per heavy atom. The molecule has 0 bridgehead atoms. The highest BCUT2D eigenvalue weighted by Crippen LogP contribution is 2.33. The molecule has 1 unspecified atom stereocenters. The fourth-order valence-electron chi connectivity index (χ4n) is 3.37. The molecule has 1 aliphatic heterocycles. The van der Waals surface area contributed by atoms with Gasteiger partial charge in [-0.25, -0.2) is 5.48 Å². The van der Waals surface area contributed by atoms with Crippen molar-refractivity contribution in [2.75, 3.05) is 27.4 Å². The van der Waals surface area contributed by atoms with E-state index in [1.54, 1.807) is 30.2 Å². The van der Waals surface area contributed by atoms with Crippen LogP contribution in [-0.2, 0) is 16.2 Å². The lowest BCUT2D eigenvalue weighted by molar-refractivity contribution is -0.133. The van der Waals surface area contributed by atoms with E-state index in [2.05, 4.69) is 5.48 Å². The maximum Gasteiger partial charge on any atom is 0.254 e. The van der Waals surface area contributed by atoms with Gasteiger partial charge in [0.05, 0.1) is 26.7 Å². The van der Waals surface area contributed by atoms with Gasteiger partial charge in [-0.2, -0.15) is 0 Å². The fraction of sp³-hybridized carbons (Fsp3) is 0.333. The number of benzene rings is 2. The maximum atomic E-state index is 12.7. The van der Waals surface area contributed by atoms with Crippen LogP contribution in [0, 0.1) is 0 Å². The first-order valence-electron chi connectivity index (χ1n) is 9.09. The van der Waals surface area contributed by atoms with Gasteiger partial charge in [0.1, 0.15) is 0 Å². The molecule has 2 aromatic rings. The monoisotopic (exact) mass is 384 g/mol. The lowest BCUT2D eigenvalue weighted by Gasteiger charge is -2.24. The number of fused-ring (bicyclic) bond motifs is 1. The number of amides is 2. The second kappa shape index (κ2) is 8.75. The van der Waals surface area contributed by atoms with E-state index in [4.69, 9.17) is 14.3 Å². The Morgan fingerprint density at radius 1 is 1.18 bits per heavy atom. The molecule has 0 aromatic heterocycles. The second-order valence-corrected chi connectivity index (χ2v) is 6.41. The quantitative estimate of drug-likeness (QED) is 0.708. The predicted octanol–water partition coefficient (Wildman–Crippen LogP) is 2.51. The third-order valence-electron chi connectivity index (χ3n) is 4.71. The lowest BCUT2D eigenvalue weighted by atomic mass is 9.97. The van der Waals surface area contributed by atoms with E-state index in [0.29, 0.717) is 35.8 Å². The van der Waals surface area contributed by atoms with E-state index >= 15 is 0 Å². The molecule has 28 heavy (non-hydrogen) atoms. The SMILES string of the molecule is CCOc1cc(C(CN2Cc3ccccc3C2=O)C(=O)NOC)ccc1OC. The first-order valence-corrected chi connectivity index (χ1v) is 9.09. The number of ether oxygens (including phenoxy) is 2. The summed E-state index contributed by atoms with van der Waals surface area (Å²) in [7, 11) is 2.94. The van der Waals surface area contributed by atoms with E-state index in [1.165, 1.54) is 7.11 Å². The van der Waals surface area contributed by atoms with Gasteiger partial charge in [0.2, 0.25) is 0 Å². The molecule has 1 atom stereocenters. The van der Waals surface area contributed by atoms with Crippen molar-refractivity contribution in [2.45, 2.75) is 19.4 Å². The highest BCUT2D eigenvalue weighted by atomic mass is 16.6. The van der Waals surface area contributed by atoms with Crippen LogP contribution in [0.2, 0.25) is 0 Å². The highest BCUT2D eigenvalue weighted by molar-refractivity contribution is 5.98. The number of carbonyl (C=O) groups is 2. The number of hydrogen-bond donors (Lipinski definition) is 1. The Hall–Kier alpha value is -3.06. The Bertz CT molecular complexity index is 868. The molecule has 0 spiro atoms. The molecule has 2 amide bonds. The third-order valence-corrected chi connectivity index (χ3v) is 4.71. The van der Waals surface area contributed by atoms with Crippen molar-refractivity contribution >= 4 is 11.8 Å². The molecular weight excluding hydrogens is 360 g/mol. The minimum atomic E-state index is -0.622. The van der Waals surface area contributed by atoms with E-state index in [1.807, 2.05) is 31.2 Å². The van der Waals surface area contributed by atoms with Crippen LogP contribution in [0.4, 0.5) is 0 Å². The minimum Gasteiger partial charge on any atom is -0.493 e. The van der Waals surface area contributed by atoms with Crippen LogP contribution in [0.5, 0.6) is 11.5 Å². The molecule has 148 valence electrons. The standard InChI is InChI=1S/C21H24N2O5/c1-4-28-19-11-14(9-10-18(19)26-2)17(20(24)22-27-3)13-23-12-15-7-5-6-8-16(15)21(23)25/h5-11,17H,4,12-13H2,1-3H3,(H,22,24). The van der Waals surface area contributed by atoms with Crippen molar-refractivity contribution in [3.63, 3.8) is 0 Å². The smallest absolute Gasteiger partial charge is 0.254 e. The summed E-state index contributed by atoms with van der Waals surface area (Å²) in [6, 6.07) is 12.8. The summed E-state index contributed by atoms with van der Waals surface area (Å²) in [5.74, 6) is 0.0986. The van der Waals surface area contributed by atoms with E-state index in [-0.39, 0.29) is 18.4 Å². The number of hydrogen-bond acceptors (Lipinski definition) is 5. The summed E-state index contributed by atoms with van der Waals surface area (Å²) in [5, 5.41) is 0. The number of rotatable bonds is 8. The van der Waals surface area contributed by atoms with Gasteiger partial charge < -0.3 is 14.4 Å². The zero-order valence-corrected chi connectivity index (χ0v) is 16.2. The summed E-state index contributed by atoms with van der Waals surface area (Å²) in [5.41, 5.74) is 4.74. The number of hydroxylamine groups is 1. The highest BCUT2D eigenvalue weighted by Gasteiger charge is 2.32. The zero-order valence-electron chi connectivity index (χ0n) is 16.2. The van der Waals surface area contributed by atoms with Gasteiger partial charge in [0.25, 0.3) is 11.8 Å². The molecule has 0 saturated carbocycles. The van der Waals surface area contributed by atoms with Crippen LogP contribution < -0.4 is 15.0 Å². The second-order valence-electron chi connectivity index (χ2n) is 6.41. The summed E-state index contributed by atoms with van der Waals surface area (Å²) in [6.45, 7) is 3.04. The van der Waals surface area contributed by atoms with E-state index in [9.17, 15) is 9.59 Å². The van der Waals surface area contributed by atoms with Gasteiger partial charge in [-0.05, 0) is 36.2 Å². The molecule has 0 fully saturated rings. The Morgan fingerprint density at radius 3 is 2.64 bits per heavy atom. The Kier molecular flexibility index (Phi) is 6.16. The lowest BCUT2D eigenvalue weighted by Crippen LogP contribution is -2.37. The average molecular weight is 384 g/mol. The minimum absolute atomic E-state index is 0.0793. The number of nitrogens with zero attached hydrogens (tertiary/aromatic N) is 1. The predicted molar refractivity (Wildman–Crippen MR) is 103 cm³/mol. The van der Waals surface area contributed by atoms with Crippen LogP contribution in [0.25, 0.3) is 0 Å². The molecule has 0 radical (unpaired) electrons. The van der Waals surface area contributed by atoms with E-state index in [0.717, 1.165) is 5.56 Å². The Labute approximate surface area is 164 Å². The number of carbonyl (C=O) groups excluding carboxylic acids is 2. The first kappa shape index (κ1) is 19.7. The first-order chi connectivity index (χ1) is 13.6. The summed E-state index contributed by atoms with van der Waals surface area (Å²) < 4.78 is 11.0. The normalized spacial score (nSPS) is 13.8. The van der Waals surface area contributed by atoms with Gasteiger partial charge in [-0.3, -0.25) is 14.4 Å². The summed E-state index contributed by atoms with van der Waals surface area (Å²) >= 11 is 0. The van der Waals surface area contributed by atoms with Crippen LogP contribution in [0.1, 0.15) is 34.3 Å². The van der Waals surface area contributed by atoms with Crippen LogP contribution in [0.3, 0.4) is 0 Å². The van der Waals surface area contributed by atoms with Crippen LogP contribution in [0.15, 0.2) is 42.5 Å². The van der Waals surface area contributed by atoms with Crippen molar-refractivity contribution in [3.8, 4) is 11.5 Å². The number of nitrogens with one attached hydrogen (secondary N) is 1. The average Bonchev–Trinajstić information content (AvgIpc) is 3.02. The van der Waals surface area contributed by atoms with Crippen LogP contribution in [-0.4, -0.2) is 44.1 Å². The van der Waals surface area contributed by atoms with Crippen molar-refractivity contribution in [1.82, 2.24) is 10.4 Å². The molecule has 0 saturated heterocycles. The van der Waals surface area contributed by atoms with Gasteiger partial charge >= 0.3 is 0 Å². The molecular formula is C21H24N2O5. The fourth-order valence-corrected chi connectivity index (χ4v) is 3.37. The van der Waals surface area contributed by atoms with Gasteiger partial charge in [0.15, 0.2) is 11.5 Å². The molecule has 1 aliphatic rings. The van der Waals surface area contributed by atoms with E-state index < -0.39 is 5.92 Å². The third kappa shape index (κ3) is 3.94. The van der Waals surface area contributed by atoms with Gasteiger partial charge in [0, 0.05) is 18.7 Å². The summed E-state index contributed by atoms with van der Waals surface area (Å²) in [4.78, 5) is 31.9. The van der Waals surface area contributed by atoms with Gasteiger partial charge in [-0.1, -0.05) is 24.3 Å². The number of methoxy groups -OCH3 is 1. The molecule has 7 nitrogen and oxygen atoms in total. The summed E-state index contributed by atoms with van der Waals surface area (Å²) in [6.07, 6.45) is 0. The molecule has 3 rings (SSSR count). The largest absolute Gasteiger partial charge is 0.493 e. The topological polar surface area (TPSA) is 77.1 Å². The van der Waals surface area contributed by atoms with Crippen molar-refractivity contribution in [3.05, 3.63) is 59.2 Å². The molecule has 1 N–H and O–H groups in total. The molecule has 1 heterocycles. The van der Waals surface area contributed by atoms with Crippen LogP contribution >= 0.6 is 0 Å². The Balaban J connectivity index is 1.89.